The number of methoxy groups -OCH3 is 1. The minimum atomic E-state index is -0.433. The van der Waals surface area contributed by atoms with Crippen LogP contribution in [0.25, 0.3) is 5.57 Å². The van der Waals surface area contributed by atoms with Gasteiger partial charge in [0.05, 0.1) is 28.3 Å². The van der Waals surface area contributed by atoms with E-state index in [9.17, 15) is 9.59 Å². The number of para-hydroxylation sites is 2. The number of halogens is 2. The van der Waals surface area contributed by atoms with Crippen molar-refractivity contribution in [2.24, 2.45) is 0 Å². The van der Waals surface area contributed by atoms with Crippen LogP contribution in [0.1, 0.15) is 19.4 Å². The van der Waals surface area contributed by atoms with E-state index in [2.05, 4.69) is 0 Å². The molecule has 2 aromatic rings. The maximum Gasteiger partial charge on any atom is 0.272 e. The molecule has 0 aliphatic carbocycles. The van der Waals surface area contributed by atoms with Crippen LogP contribution in [0.5, 0.6) is 5.75 Å². The number of rotatable bonds is 5. The van der Waals surface area contributed by atoms with Crippen LogP contribution in [0, 0.1) is 0 Å². The van der Waals surface area contributed by atoms with Crippen molar-refractivity contribution < 1.29 is 14.3 Å². The first-order valence-corrected chi connectivity index (χ1v) is 9.86. The van der Waals surface area contributed by atoms with Gasteiger partial charge < -0.3 is 4.74 Å². The van der Waals surface area contributed by atoms with E-state index in [4.69, 9.17) is 27.9 Å². The van der Waals surface area contributed by atoms with Gasteiger partial charge in [-0.3, -0.25) is 9.59 Å². The summed E-state index contributed by atoms with van der Waals surface area (Å²) >= 11 is 13.7. The topological polar surface area (TPSA) is 46.6 Å². The van der Waals surface area contributed by atoms with Gasteiger partial charge >= 0.3 is 0 Å². The van der Waals surface area contributed by atoms with Crippen molar-refractivity contribution in [3.05, 3.63) is 63.0 Å². The Morgan fingerprint density at radius 3 is 2.37 bits per heavy atom. The van der Waals surface area contributed by atoms with Gasteiger partial charge in [-0.25, -0.2) is 4.90 Å². The summed E-state index contributed by atoms with van der Waals surface area (Å²) in [4.78, 5) is 28.0. The van der Waals surface area contributed by atoms with E-state index in [1.165, 1.54) is 18.9 Å². The number of benzene rings is 2. The summed E-state index contributed by atoms with van der Waals surface area (Å²) in [6.45, 7) is 3.92. The molecule has 4 nitrogen and oxygen atoms in total. The molecule has 0 saturated heterocycles. The summed E-state index contributed by atoms with van der Waals surface area (Å²) < 4.78 is 5.34. The van der Waals surface area contributed by atoms with E-state index in [0.717, 1.165) is 4.90 Å². The first-order valence-electron chi connectivity index (χ1n) is 8.23. The highest BCUT2D eigenvalue weighted by molar-refractivity contribution is 8.04. The fraction of sp³-hybridized carbons (Fsp3) is 0.200. The van der Waals surface area contributed by atoms with E-state index >= 15 is 0 Å². The highest BCUT2D eigenvalue weighted by Crippen LogP contribution is 2.43. The van der Waals surface area contributed by atoms with Crippen LogP contribution < -0.4 is 9.64 Å². The van der Waals surface area contributed by atoms with Gasteiger partial charge in [-0.15, -0.1) is 11.8 Å². The lowest BCUT2D eigenvalue weighted by Crippen LogP contribution is -2.31. The second-order valence-corrected chi connectivity index (χ2v) is 8.54. The molecule has 140 valence electrons. The number of imide groups is 1. The molecule has 27 heavy (non-hydrogen) atoms. The van der Waals surface area contributed by atoms with E-state index < -0.39 is 5.91 Å². The smallest absolute Gasteiger partial charge is 0.272 e. The Labute approximate surface area is 172 Å². The Morgan fingerprint density at radius 2 is 1.74 bits per heavy atom. The second-order valence-electron chi connectivity index (χ2n) is 6.11. The van der Waals surface area contributed by atoms with Crippen LogP contribution in [0.2, 0.25) is 10.0 Å². The summed E-state index contributed by atoms with van der Waals surface area (Å²) in [5.41, 5.74) is 1.17. The van der Waals surface area contributed by atoms with E-state index in [1.54, 1.807) is 42.5 Å². The zero-order valence-electron chi connectivity index (χ0n) is 15.0. The molecule has 3 rings (SSSR count). The van der Waals surface area contributed by atoms with Crippen LogP contribution in [0.15, 0.2) is 47.4 Å². The van der Waals surface area contributed by atoms with Crippen molar-refractivity contribution in [3.8, 4) is 5.75 Å². The molecule has 0 saturated carbocycles. The number of carbonyl (C=O) groups is 2. The minimum Gasteiger partial charge on any atom is -0.495 e. The summed E-state index contributed by atoms with van der Waals surface area (Å²) in [6.07, 6.45) is 0. The Hall–Kier alpha value is -1.95. The second kappa shape index (κ2) is 7.97. The molecule has 2 amide bonds. The van der Waals surface area contributed by atoms with E-state index in [1.807, 2.05) is 13.8 Å². The molecule has 0 fully saturated rings. The van der Waals surface area contributed by atoms with Crippen molar-refractivity contribution in [3.63, 3.8) is 0 Å². The molecule has 1 heterocycles. The Balaban J connectivity index is 2.17. The van der Waals surface area contributed by atoms with Gasteiger partial charge in [0.25, 0.3) is 11.8 Å². The number of ether oxygens (including phenoxy) is 1. The molecule has 7 heteroatoms. The van der Waals surface area contributed by atoms with Gasteiger partial charge in [0.1, 0.15) is 5.75 Å². The van der Waals surface area contributed by atoms with Gasteiger partial charge in [-0.05, 0) is 24.3 Å². The van der Waals surface area contributed by atoms with Crippen LogP contribution in [-0.2, 0) is 9.59 Å². The molecule has 2 aromatic carbocycles. The van der Waals surface area contributed by atoms with Gasteiger partial charge in [-0.2, -0.15) is 0 Å². The van der Waals surface area contributed by atoms with Gasteiger partial charge in [0.2, 0.25) is 0 Å². The summed E-state index contributed by atoms with van der Waals surface area (Å²) in [7, 11) is 1.50. The fourth-order valence-electron chi connectivity index (χ4n) is 2.82. The molecular formula is C20H17Cl2NO3S. The maximum atomic E-state index is 13.3. The van der Waals surface area contributed by atoms with Crippen molar-refractivity contribution in [2.75, 3.05) is 12.0 Å². The van der Waals surface area contributed by atoms with Crippen LogP contribution in [0.3, 0.4) is 0 Å². The normalized spacial score (nSPS) is 14.5. The number of carbonyl (C=O) groups excluding carboxylic acids is 2. The zero-order valence-corrected chi connectivity index (χ0v) is 17.3. The number of hydrogen-bond acceptors (Lipinski definition) is 4. The van der Waals surface area contributed by atoms with Crippen molar-refractivity contribution in [2.45, 2.75) is 19.1 Å². The molecule has 0 unspecified atom stereocenters. The van der Waals surface area contributed by atoms with Crippen molar-refractivity contribution >= 4 is 58.0 Å². The predicted molar refractivity (Wildman–Crippen MR) is 112 cm³/mol. The summed E-state index contributed by atoms with van der Waals surface area (Å²) in [5.74, 6) is -0.377. The van der Waals surface area contributed by atoms with Crippen LogP contribution in [-0.4, -0.2) is 24.2 Å². The number of thioether (sulfide) groups is 1. The lowest BCUT2D eigenvalue weighted by Gasteiger charge is -2.18. The third kappa shape index (κ3) is 3.72. The number of nitrogens with zero attached hydrogens (tertiary/aromatic N) is 1. The first kappa shape index (κ1) is 19.8. The van der Waals surface area contributed by atoms with E-state index in [-0.39, 0.29) is 16.7 Å². The molecular weight excluding hydrogens is 405 g/mol. The molecule has 0 radical (unpaired) electrons. The molecule has 0 spiro atoms. The number of anilines is 1. The highest BCUT2D eigenvalue weighted by Gasteiger charge is 2.42. The Morgan fingerprint density at radius 1 is 1.04 bits per heavy atom. The lowest BCUT2D eigenvalue weighted by atomic mass is 10.1. The lowest BCUT2D eigenvalue weighted by molar-refractivity contribution is -0.119. The molecule has 1 aliphatic heterocycles. The molecule has 0 N–H and O–H groups in total. The van der Waals surface area contributed by atoms with E-state index in [0.29, 0.717) is 32.0 Å². The van der Waals surface area contributed by atoms with Crippen molar-refractivity contribution in [1.82, 2.24) is 0 Å². The number of amides is 2. The largest absolute Gasteiger partial charge is 0.495 e. The van der Waals surface area contributed by atoms with Gasteiger partial charge in [-0.1, -0.05) is 55.2 Å². The zero-order chi connectivity index (χ0) is 19.7. The van der Waals surface area contributed by atoms with Crippen molar-refractivity contribution in [1.29, 1.82) is 0 Å². The average molecular weight is 422 g/mol. The fourth-order valence-corrected chi connectivity index (χ4v) is 4.30. The standard InChI is InChI=1S/C20H17Cl2NO3S/c1-11(2)27-18-17(13-9-8-12(21)10-14(13)22)19(24)23(20(18)25)15-6-4-5-7-16(15)26-3/h4-11H,1-3H3. The predicted octanol–water partition coefficient (Wildman–Crippen LogP) is 5.43. The molecule has 0 atom stereocenters. The third-order valence-electron chi connectivity index (χ3n) is 3.92. The van der Waals surface area contributed by atoms with Crippen LogP contribution >= 0.6 is 35.0 Å². The Kier molecular flexibility index (Phi) is 5.84. The third-order valence-corrected chi connectivity index (χ3v) is 5.56. The number of hydrogen-bond donors (Lipinski definition) is 0. The molecule has 0 aromatic heterocycles. The minimum absolute atomic E-state index is 0.107. The summed E-state index contributed by atoms with van der Waals surface area (Å²) in [5, 5.41) is 0.888. The Bertz CT molecular complexity index is 956. The van der Waals surface area contributed by atoms with Gasteiger partial charge in [0.15, 0.2) is 0 Å². The first-order chi connectivity index (χ1) is 12.8. The quantitative estimate of drug-likeness (QED) is 0.603. The molecule has 0 bridgehead atoms. The highest BCUT2D eigenvalue weighted by atomic mass is 35.5. The monoisotopic (exact) mass is 421 g/mol. The van der Waals surface area contributed by atoms with Gasteiger partial charge in [0, 0.05) is 15.8 Å². The average Bonchev–Trinajstić information content (AvgIpc) is 2.85. The SMILES string of the molecule is COc1ccccc1N1C(=O)C(SC(C)C)=C(c2ccc(Cl)cc2Cl)C1=O. The maximum absolute atomic E-state index is 13.3. The summed E-state index contributed by atoms with van der Waals surface area (Å²) in [6, 6.07) is 11.8. The molecule has 1 aliphatic rings. The van der Waals surface area contributed by atoms with Crippen LogP contribution in [0.4, 0.5) is 5.69 Å².